The van der Waals surface area contributed by atoms with Crippen LogP contribution in [0.2, 0.25) is 0 Å². The third-order valence-corrected chi connectivity index (χ3v) is 4.00. The molecule has 0 saturated heterocycles. The molecule has 0 aromatic heterocycles. The lowest BCUT2D eigenvalue weighted by molar-refractivity contribution is -0.400. The van der Waals surface area contributed by atoms with Gasteiger partial charge in [0.1, 0.15) is 5.75 Å². The summed E-state index contributed by atoms with van der Waals surface area (Å²) in [7, 11) is 0. The third kappa shape index (κ3) is 3.79. The molecule has 0 radical (unpaired) electrons. The molecular weight excluding hydrogens is 526 g/mol. The Morgan fingerprint density at radius 1 is 0.424 bits per heavy atom. The lowest BCUT2D eigenvalue weighted by Gasteiger charge is -2.36. The van der Waals surface area contributed by atoms with E-state index >= 15 is 0 Å². The van der Waals surface area contributed by atoms with E-state index in [4.69, 9.17) is 0 Å². The summed E-state index contributed by atoms with van der Waals surface area (Å²) in [6, 6.07) is -2.06. The SMILES string of the molecule is Oc1c(C(F)(F)C(F)(F)C(F)(F)C(F)(F)F)cccc1C(F)(F)C(F)(F)C(F)(F)C(F)(F)F. The Bertz CT molecular complexity index is 809. The summed E-state index contributed by atoms with van der Waals surface area (Å²) in [5, 5.41) is 9.24. The van der Waals surface area contributed by atoms with Gasteiger partial charge in [-0.2, -0.15) is 79.0 Å². The number of rotatable bonds is 6. The van der Waals surface area contributed by atoms with Crippen molar-refractivity contribution in [3.05, 3.63) is 29.3 Å². The smallest absolute Gasteiger partial charge is 0.460 e. The molecule has 0 spiro atoms. The van der Waals surface area contributed by atoms with Crippen molar-refractivity contribution in [3.63, 3.8) is 0 Å². The van der Waals surface area contributed by atoms with Crippen LogP contribution >= 0.6 is 0 Å². The molecule has 0 fully saturated rings. The lowest BCUT2D eigenvalue weighted by atomic mass is 9.90. The Hall–Kier alpha value is -2.24. The fourth-order valence-corrected chi connectivity index (χ4v) is 2.14. The van der Waals surface area contributed by atoms with Gasteiger partial charge in [0, 0.05) is 0 Å². The summed E-state index contributed by atoms with van der Waals surface area (Å²) in [6.45, 7) is 0. The molecule has 0 aliphatic rings. The minimum Gasteiger partial charge on any atom is -0.507 e. The summed E-state index contributed by atoms with van der Waals surface area (Å²) < 4.78 is 233. The van der Waals surface area contributed by atoms with E-state index in [9.17, 15) is 84.1 Å². The minimum atomic E-state index is -7.65. The molecule has 0 aliphatic heterocycles. The second-order valence-corrected chi connectivity index (χ2v) is 6.14. The van der Waals surface area contributed by atoms with Gasteiger partial charge in [0.05, 0.1) is 11.1 Å². The van der Waals surface area contributed by atoms with Crippen LogP contribution in [-0.4, -0.2) is 41.1 Å². The van der Waals surface area contributed by atoms with Crippen molar-refractivity contribution < 1.29 is 84.1 Å². The molecular formula is C14H4F18O. The van der Waals surface area contributed by atoms with Crippen molar-refractivity contribution >= 4 is 0 Å². The average molecular weight is 530 g/mol. The molecule has 192 valence electrons. The van der Waals surface area contributed by atoms with Crippen LogP contribution in [0, 0.1) is 0 Å². The van der Waals surface area contributed by atoms with Crippen LogP contribution in [0.25, 0.3) is 0 Å². The number of hydrogen-bond donors (Lipinski definition) is 1. The molecule has 0 aliphatic carbocycles. The van der Waals surface area contributed by atoms with Gasteiger partial charge in [-0.15, -0.1) is 0 Å². The second-order valence-electron chi connectivity index (χ2n) is 6.14. The molecule has 0 bridgehead atoms. The highest BCUT2D eigenvalue weighted by molar-refractivity contribution is 5.47. The number of aromatic hydroxyl groups is 1. The summed E-state index contributed by atoms with van der Waals surface area (Å²) in [5.74, 6) is -48.0. The van der Waals surface area contributed by atoms with Gasteiger partial charge in [0.25, 0.3) is 0 Å². The molecule has 1 aromatic carbocycles. The molecule has 0 heterocycles. The number of phenolic OH excluding ortho intramolecular Hbond substituents is 1. The monoisotopic (exact) mass is 530 g/mol. The maximum atomic E-state index is 13.9. The minimum absolute atomic E-state index is 0.518. The summed E-state index contributed by atoms with van der Waals surface area (Å²) >= 11 is 0. The lowest BCUT2D eigenvalue weighted by Crippen LogP contribution is -2.60. The molecule has 33 heavy (non-hydrogen) atoms. The predicted molar refractivity (Wildman–Crippen MR) is 67.8 cm³/mol. The van der Waals surface area contributed by atoms with Crippen molar-refractivity contribution in [2.24, 2.45) is 0 Å². The van der Waals surface area contributed by atoms with Gasteiger partial charge < -0.3 is 5.11 Å². The van der Waals surface area contributed by atoms with Crippen LogP contribution in [-0.2, 0) is 11.8 Å². The van der Waals surface area contributed by atoms with Crippen LogP contribution in [0.1, 0.15) is 11.1 Å². The van der Waals surface area contributed by atoms with Gasteiger partial charge >= 0.3 is 47.9 Å². The van der Waals surface area contributed by atoms with Gasteiger partial charge in [0.15, 0.2) is 0 Å². The average Bonchev–Trinajstić information content (AvgIpc) is 2.58. The van der Waals surface area contributed by atoms with Crippen LogP contribution in [0.5, 0.6) is 5.75 Å². The van der Waals surface area contributed by atoms with E-state index in [1.807, 2.05) is 0 Å². The van der Waals surface area contributed by atoms with E-state index in [1.54, 1.807) is 0 Å². The molecule has 1 rings (SSSR count). The van der Waals surface area contributed by atoms with Crippen molar-refractivity contribution in [3.8, 4) is 5.75 Å². The molecule has 19 heteroatoms. The summed E-state index contributed by atoms with van der Waals surface area (Å²) in [5.41, 5.74) is -6.69. The van der Waals surface area contributed by atoms with E-state index in [0.29, 0.717) is 0 Å². The summed E-state index contributed by atoms with van der Waals surface area (Å²) in [4.78, 5) is 0. The number of hydrogen-bond acceptors (Lipinski definition) is 1. The topological polar surface area (TPSA) is 20.2 Å². The molecule has 0 saturated carbocycles. The van der Waals surface area contributed by atoms with Gasteiger partial charge in [-0.25, -0.2) is 0 Å². The van der Waals surface area contributed by atoms with Crippen molar-refractivity contribution in [1.82, 2.24) is 0 Å². The van der Waals surface area contributed by atoms with Crippen molar-refractivity contribution in [2.75, 3.05) is 0 Å². The highest BCUT2D eigenvalue weighted by Crippen LogP contribution is 2.61. The highest BCUT2D eigenvalue weighted by Gasteiger charge is 2.84. The molecule has 1 aromatic rings. The van der Waals surface area contributed by atoms with E-state index in [0.717, 1.165) is 0 Å². The first kappa shape index (κ1) is 28.8. The fourth-order valence-electron chi connectivity index (χ4n) is 2.14. The molecule has 1 nitrogen and oxygen atoms in total. The van der Waals surface area contributed by atoms with Crippen molar-refractivity contribution in [2.45, 2.75) is 47.9 Å². The second kappa shape index (κ2) is 7.38. The quantitative estimate of drug-likeness (QED) is 0.385. The maximum Gasteiger partial charge on any atom is 0.460 e. The van der Waals surface area contributed by atoms with E-state index < -0.39 is 83.0 Å². The Morgan fingerprint density at radius 2 is 0.667 bits per heavy atom. The zero-order chi connectivity index (χ0) is 26.9. The van der Waals surface area contributed by atoms with Crippen LogP contribution in [0.3, 0.4) is 0 Å². The van der Waals surface area contributed by atoms with Crippen LogP contribution in [0.15, 0.2) is 18.2 Å². The van der Waals surface area contributed by atoms with Gasteiger partial charge in [-0.05, 0) is 12.1 Å². The number of phenols is 1. The zero-order valence-corrected chi connectivity index (χ0v) is 14.5. The van der Waals surface area contributed by atoms with Crippen LogP contribution < -0.4 is 0 Å². The molecule has 0 atom stereocenters. The zero-order valence-electron chi connectivity index (χ0n) is 14.5. The number of halogens is 18. The van der Waals surface area contributed by atoms with E-state index in [2.05, 4.69) is 0 Å². The van der Waals surface area contributed by atoms with Crippen LogP contribution in [0.4, 0.5) is 79.0 Å². The standard InChI is InChI=1S/C14H4F18O/c15-7(16,9(19,20)11(23,24)13(27,28)29)4-2-1-3-5(6(4)33)8(17,18)10(21,22)12(25,26)14(30,31)32/h1-3,33H. The highest BCUT2D eigenvalue weighted by atomic mass is 19.4. The Kier molecular flexibility index (Phi) is 6.44. The predicted octanol–water partition coefficient (Wildman–Crippen LogP) is 7.24. The van der Waals surface area contributed by atoms with Gasteiger partial charge in [-0.1, -0.05) is 6.07 Å². The first-order valence-corrected chi connectivity index (χ1v) is 7.37. The summed E-state index contributed by atoms with van der Waals surface area (Å²) in [6.07, 6.45) is -14.9. The molecule has 0 amide bonds. The number of alkyl halides is 18. The first-order chi connectivity index (χ1) is 14.1. The normalized spacial score (nSPS) is 15.7. The van der Waals surface area contributed by atoms with Crippen molar-refractivity contribution in [1.29, 1.82) is 0 Å². The molecule has 1 N–H and O–H groups in total. The molecule has 0 unspecified atom stereocenters. The fraction of sp³-hybridized carbons (Fsp3) is 0.571. The third-order valence-electron chi connectivity index (χ3n) is 4.00. The Balaban J connectivity index is 3.83. The maximum absolute atomic E-state index is 13.9. The van der Waals surface area contributed by atoms with E-state index in [-0.39, 0.29) is 0 Å². The Labute approximate surface area is 168 Å². The van der Waals surface area contributed by atoms with Gasteiger partial charge in [-0.3, -0.25) is 0 Å². The number of para-hydroxylation sites is 1. The number of benzene rings is 1. The van der Waals surface area contributed by atoms with E-state index in [1.165, 1.54) is 0 Å². The first-order valence-electron chi connectivity index (χ1n) is 7.37. The van der Waals surface area contributed by atoms with Gasteiger partial charge in [0.2, 0.25) is 0 Å². The Morgan fingerprint density at radius 3 is 0.879 bits per heavy atom. The largest absolute Gasteiger partial charge is 0.507 e.